The smallest absolute Gasteiger partial charge is 0.243 e. The van der Waals surface area contributed by atoms with E-state index in [-0.39, 0.29) is 5.69 Å². The first-order valence-electron chi connectivity index (χ1n) is 8.09. The highest BCUT2D eigenvalue weighted by Gasteiger charge is 2.28. The van der Waals surface area contributed by atoms with Gasteiger partial charge in [-0.1, -0.05) is 11.6 Å². The Bertz CT molecular complexity index is 874. The molecular weight excluding hydrogens is 411 g/mol. The molecule has 2 aromatic carbocycles. The van der Waals surface area contributed by atoms with Crippen molar-refractivity contribution in [3.63, 3.8) is 0 Å². The number of thioether (sulfide) groups is 1. The molecule has 9 heteroatoms. The van der Waals surface area contributed by atoms with Crippen LogP contribution in [0.15, 0.2) is 53.4 Å². The minimum absolute atomic E-state index is 0.233. The third-order valence-corrected chi connectivity index (χ3v) is 6.16. The molecule has 0 spiro atoms. The summed E-state index contributed by atoms with van der Waals surface area (Å²) >= 11 is 7.38. The number of hydrogen-bond acceptors (Lipinski definition) is 4. The van der Waals surface area contributed by atoms with E-state index in [9.17, 15) is 17.6 Å². The topological polar surface area (TPSA) is 66.5 Å². The second-order valence-corrected chi connectivity index (χ2v) is 9.27. The highest BCUT2D eigenvalue weighted by atomic mass is 35.5. The van der Waals surface area contributed by atoms with Crippen LogP contribution in [0.2, 0.25) is 5.02 Å². The Morgan fingerprint density at radius 2 is 1.78 bits per heavy atom. The van der Waals surface area contributed by atoms with Crippen LogP contribution in [0.25, 0.3) is 0 Å². The summed E-state index contributed by atoms with van der Waals surface area (Å²) in [6, 6.07) is 11.4. The summed E-state index contributed by atoms with van der Waals surface area (Å²) in [4.78, 5) is 13.4. The van der Waals surface area contributed by atoms with Gasteiger partial charge in [0.1, 0.15) is 11.9 Å². The zero-order valence-corrected chi connectivity index (χ0v) is 17.2. The molecule has 0 saturated carbocycles. The Kier molecular flexibility index (Phi) is 7.52. The van der Waals surface area contributed by atoms with Crippen LogP contribution >= 0.6 is 23.4 Å². The molecule has 2 aromatic rings. The first-order chi connectivity index (χ1) is 12.7. The molecule has 0 aliphatic carbocycles. The molecule has 1 amide bonds. The molecule has 146 valence electrons. The number of carbonyl (C=O) groups is 1. The number of anilines is 1. The molecule has 0 radical (unpaired) electrons. The SMILES string of the molecule is C[C@H](C(=O)NCCSc1ccc(Cl)cc1)N(c1ccc(F)cc1)S(C)(=O)=O. The van der Waals surface area contributed by atoms with Crippen LogP contribution in [-0.4, -0.2) is 38.9 Å². The van der Waals surface area contributed by atoms with Gasteiger partial charge in [0, 0.05) is 22.2 Å². The van der Waals surface area contributed by atoms with Crippen LogP contribution in [0.1, 0.15) is 6.92 Å². The number of hydrogen-bond donors (Lipinski definition) is 1. The maximum atomic E-state index is 13.1. The average molecular weight is 431 g/mol. The minimum atomic E-state index is -3.72. The van der Waals surface area contributed by atoms with E-state index in [0.29, 0.717) is 17.3 Å². The summed E-state index contributed by atoms with van der Waals surface area (Å²) < 4.78 is 38.4. The van der Waals surface area contributed by atoms with Gasteiger partial charge in [0.05, 0.1) is 11.9 Å². The maximum absolute atomic E-state index is 13.1. The molecule has 2 rings (SSSR count). The van der Waals surface area contributed by atoms with Crippen molar-refractivity contribution >= 4 is 45.0 Å². The predicted octanol–water partition coefficient (Wildman–Crippen LogP) is 3.54. The van der Waals surface area contributed by atoms with E-state index in [0.717, 1.165) is 27.6 Å². The Morgan fingerprint density at radius 3 is 2.33 bits per heavy atom. The van der Waals surface area contributed by atoms with Crippen molar-refractivity contribution in [2.75, 3.05) is 22.9 Å². The van der Waals surface area contributed by atoms with Crippen molar-refractivity contribution in [2.24, 2.45) is 0 Å². The Morgan fingerprint density at radius 1 is 1.19 bits per heavy atom. The molecule has 1 atom stereocenters. The van der Waals surface area contributed by atoms with Gasteiger partial charge in [-0.15, -0.1) is 11.8 Å². The van der Waals surface area contributed by atoms with Gasteiger partial charge in [-0.05, 0) is 55.5 Å². The zero-order valence-electron chi connectivity index (χ0n) is 14.9. The van der Waals surface area contributed by atoms with Crippen LogP contribution in [0.4, 0.5) is 10.1 Å². The number of nitrogens with one attached hydrogen (secondary N) is 1. The predicted molar refractivity (Wildman–Crippen MR) is 108 cm³/mol. The summed E-state index contributed by atoms with van der Waals surface area (Å²) in [5.41, 5.74) is 0.233. The number of benzene rings is 2. The van der Waals surface area contributed by atoms with Crippen LogP contribution in [-0.2, 0) is 14.8 Å². The lowest BCUT2D eigenvalue weighted by molar-refractivity contribution is -0.121. The summed E-state index contributed by atoms with van der Waals surface area (Å²) in [6.45, 7) is 1.86. The second-order valence-electron chi connectivity index (χ2n) is 5.80. The van der Waals surface area contributed by atoms with Crippen LogP contribution in [0.5, 0.6) is 0 Å². The molecule has 1 N–H and O–H groups in total. The molecule has 0 fully saturated rings. The fraction of sp³-hybridized carbons (Fsp3) is 0.278. The number of halogens is 2. The lowest BCUT2D eigenvalue weighted by atomic mass is 10.2. The van der Waals surface area contributed by atoms with Crippen LogP contribution in [0.3, 0.4) is 0 Å². The first kappa shape index (κ1) is 21.5. The highest BCUT2D eigenvalue weighted by molar-refractivity contribution is 7.99. The van der Waals surface area contributed by atoms with Gasteiger partial charge in [-0.2, -0.15) is 0 Å². The molecule has 0 aliphatic rings. The van der Waals surface area contributed by atoms with Gasteiger partial charge in [0.15, 0.2) is 0 Å². The van der Waals surface area contributed by atoms with Crippen LogP contribution < -0.4 is 9.62 Å². The molecule has 0 bridgehead atoms. The molecule has 0 saturated heterocycles. The van der Waals surface area contributed by atoms with Crippen molar-refractivity contribution in [3.05, 3.63) is 59.4 Å². The zero-order chi connectivity index (χ0) is 20.0. The second kappa shape index (κ2) is 9.43. The quantitative estimate of drug-likeness (QED) is 0.513. The van der Waals surface area contributed by atoms with Crippen LogP contribution in [0, 0.1) is 5.82 Å². The van der Waals surface area contributed by atoms with E-state index in [2.05, 4.69) is 5.32 Å². The number of nitrogens with zero attached hydrogens (tertiary/aromatic N) is 1. The maximum Gasteiger partial charge on any atom is 0.243 e. The van der Waals surface area contributed by atoms with Gasteiger partial charge in [-0.25, -0.2) is 12.8 Å². The molecule has 0 unspecified atom stereocenters. The minimum Gasteiger partial charge on any atom is -0.353 e. The lowest BCUT2D eigenvalue weighted by Crippen LogP contribution is -2.48. The van der Waals surface area contributed by atoms with E-state index in [1.165, 1.54) is 19.1 Å². The van der Waals surface area contributed by atoms with E-state index < -0.39 is 27.8 Å². The van der Waals surface area contributed by atoms with Crippen molar-refractivity contribution in [1.82, 2.24) is 5.32 Å². The Balaban J connectivity index is 1.96. The number of carbonyl (C=O) groups excluding carboxylic acids is 1. The standard InChI is InChI=1S/C18H20ClFN2O3S2/c1-13(22(27(2,24)25)16-7-5-15(20)6-8-16)18(23)21-11-12-26-17-9-3-14(19)4-10-17/h3-10,13H,11-12H2,1-2H3,(H,21,23)/t13-/m1/s1. The van der Waals surface area contributed by atoms with Crippen molar-refractivity contribution in [1.29, 1.82) is 0 Å². The van der Waals surface area contributed by atoms with Gasteiger partial charge >= 0.3 is 0 Å². The average Bonchev–Trinajstić information content (AvgIpc) is 2.60. The Labute approximate surface area is 168 Å². The molecule has 0 aliphatic heterocycles. The molecule has 27 heavy (non-hydrogen) atoms. The third-order valence-electron chi connectivity index (χ3n) is 3.65. The summed E-state index contributed by atoms with van der Waals surface area (Å²) in [5, 5.41) is 3.39. The molecule has 0 aromatic heterocycles. The highest BCUT2D eigenvalue weighted by Crippen LogP contribution is 2.22. The monoisotopic (exact) mass is 430 g/mol. The fourth-order valence-corrected chi connectivity index (χ4v) is 4.49. The summed E-state index contributed by atoms with van der Waals surface area (Å²) in [7, 11) is -3.72. The van der Waals surface area contributed by atoms with E-state index in [1.54, 1.807) is 23.9 Å². The lowest BCUT2D eigenvalue weighted by Gasteiger charge is -2.28. The number of rotatable bonds is 8. The summed E-state index contributed by atoms with van der Waals surface area (Å²) in [6.07, 6.45) is 1.01. The Hall–Kier alpha value is -1.77. The first-order valence-corrected chi connectivity index (χ1v) is 11.3. The van der Waals surface area contributed by atoms with Crippen molar-refractivity contribution < 1.29 is 17.6 Å². The van der Waals surface area contributed by atoms with E-state index in [4.69, 9.17) is 11.6 Å². The molecular formula is C18H20ClFN2O3S2. The van der Waals surface area contributed by atoms with Gasteiger partial charge in [-0.3, -0.25) is 9.10 Å². The normalized spacial score (nSPS) is 12.4. The number of amides is 1. The van der Waals surface area contributed by atoms with Gasteiger partial charge in [0.2, 0.25) is 15.9 Å². The summed E-state index contributed by atoms with van der Waals surface area (Å²) in [5.74, 6) is -0.291. The molecule has 5 nitrogen and oxygen atoms in total. The van der Waals surface area contributed by atoms with Crippen molar-refractivity contribution in [3.8, 4) is 0 Å². The van der Waals surface area contributed by atoms with Crippen molar-refractivity contribution in [2.45, 2.75) is 17.9 Å². The number of sulfonamides is 1. The van der Waals surface area contributed by atoms with Gasteiger partial charge < -0.3 is 5.32 Å². The molecule has 0 heterocycles. The largest absolute Gasteiger partial charge is 0.353 e. The third kappa shape index (κ3) is 6.41. The van der Waals surface area contributed by atoms with Gasteiger partial charge in [0.25, 0.3) is 0 Å². The fourth-order valence-electron chi connectivity index (χ4n) is 2.42. The van der Waals surface area contributed by atoms with E-state index >= 15 is 0 Å². The van der Waals surface area contributed by atoms with E-state index in [1.807, 2.05) is 12.1 Å².